The second-order valence-electron chi connectivity index (χ2n) is 6.95. The van der Waals surface area contributed by atoms with E-state index in [0.717, 1.165) is 16.9 Å². The van der Waals surface area contributed by atoms with E-state index in [1.54, 1.807) is 15.6 Å². The van der Waals surface area contributed by atoms with E-state index in [0.29, 0.717) is 24.7 Å². The number of carbonyl (C=O) groups is 1. The van der Waals surface area contributed by atoms with Gasteiger partial charge in [-0.25, -0.2) is 14.3 Å². The molecule has 1 aliphatic rings. The van der Waals surface area contributed by atoms with Gasteiger partial charge in [0, 0.05) is 30.6 Å². The van der Waals surface area contributed by atoms with Gasteiger partial charge in [0.05, 0.1) is 11.9 Å². The van der Waals surface area contributed by atoms with Gasteiger partial charge in [-0.15, -0.1) is 0 Å². The van der Waals surface area contributed by atoms with Crippen LogP contribution in [0, 0.1) is 0 Å². The van der Waals surface area contributed by atoms with Crippen molar-refractivity contribution in [2.24, 2.45) is 0 Å². The van der Waals surface area contributed by atoms with E-state index in [2.05, 4.69) is 17.0 Å². The molecule has 0 bridgehead atoms. The molecule has 3 rings (SSSR count). The molecule has 6 nitrogen and oxygen atoms in total. The van der Waals surface area contributed by atoms with Crippen LogP contribution < -0.4 is 0 Å². The van der Waals surface area contributed by atoms with E-state index in [1.807, 2.05) is 26.8 Å². The standard InChI is InChI=1S/C16H21ClN4O2/c1-10-9-20(15(22)23-16(2,3)4)8-6-11-13(10)19-12-5-7-18-21(12)14(11)17/h5,7,10H,6,8-9H2,1-4H3. The Bertz CT molecular complexity index is 750. The first-order valence-electron chi connectivity index (χ1n) is 7.76. The Balaban J connectivity index is 1.91. The third-order valence-electron chi connectivity index (χ3n) is 3.85. The highest BCUT2D eigenvalue weighted by Crippen LogP contribution is 2.30. The van der Waals surface area contributed by atoms with Crippen LogP contribution in [0.25, 0.3) is 5.65 Å². The molecule has 2 aromatic rings. The maximum absolute atomic E-state index is 12.4. The first-order valence-corrected chi connectivity index (χ1v) is 8.14. The topological polar surface area (TPSA) is 59.7 Å². The number of amides is 1. The minimum absolute atomic E-state index is 0.0809. The first kappa shape index (κ1) is 16.1. The van der Waals surface area contributed by atoms with Gasteiger partial charge >= 0.3 is 6.09 Å². The van der Waals surface area contributed by atoms with Crippen molar-refractivity contribution in [2.45, 2.75) is 45.6 Å². The Morgan fingerprint density at radius 3 is 2.87 bits per heavy atom. The number of halogens is 1. The molecule has 1 aliphatic heterocycles. The van der Waals surface area contributed by atoms with Crippen molar-refractivity contribution in [3.8, 4) is 0 Å². The van der Waals surface area contributed by atoms with Gasteiger partial charge in [0.15, 0.2) is 5.65 Å². The smallest absolute Gasteiger partial charge is 0.410 e. The van der Waals surface area contributed by atoms with Crippen LogP contribution >= 0.6 is 11.6 Å². The molecule has 0 saturated heterocycles. The Morgan fingerprint density at radius 1 is 1.43 bits per heavy atom. The lowest BCUT2D eigenvalue weighted by Crippen LogP contribution is -2.38. The number of hydrogen-bond acceptors (Lipinski definition) is 4. The molecule has 0 radical (unpaired) electrons. The monoisotopic (exact) mass is 336 g/mol. The largest absolute Gasteiger partial charge is 0.444 e. The molecule has 0 N–H and O–H groups in total. The number of fused-ring (bicyclic) bond motifs is 2. The predicted molar refractivity (Wildman–Crippen MR) is 87.9 cm³/mol. The normalized spacial score (nSPS) is 18.7. The van der Waals surface area contributed by atoms with Crippen molar-refractivity contribution in [2.75, 3.05) is 13.1 Å². The Morgan fingerprint density at radius 2 is 2.17 bits per heavy atom. The van der Waals surface area contributed by atoms with Gasteiger partial charge in [-0.1, -0.05) is 18.5 Å². The third-order valence-corrected chi connectivity index (χ3v) is 4.23. The van der Waals surface area contributed by atoms with E-state index >= 15 is 0 Å². The number of ether oxygens (including phenoxy) is 1. The summed E-state index contributed by atoms with van der Waals surface area (Å²) >= 11 is 6.50. The molecule has 23 heavy (non-hydrogen) atoms. The molecule has 7 heteroatoms. The molecule has 2 aromatic heterocycles. The molecule has 1 unspecified atom stereocenters. The summed E-state index contributed by atoms with van der Waals surface area (Å²) in [5.41, 5.74) is 2.12. The van der Waals surface area contributed by atoms with Gasteiger partial charge in [-0.05, 0) is 27.2 Å². The number of carbonyl (C=O) groups excluding carboxylic acids is 1. The fourth-order valence-corrected chi connectivity index (χ4v) is 3.16. The zero-order valence-electron chi connectivity index (χ0n) is 13.8. The summed E-state index contributed by atoms with van der Waals surface area (Å²) in [6.07, 6.45) is 2.03. The van der Waals surface area contributed by atoms with Gasteiger partial charge in [-0.2, -0.15) is 5.10 Å². The second-order valence-corrected chi connectivity index (χ2v) is 7.30. The minimum Gasteiger partial charge on any atom is -0.444 e. The Hall–Kier alpha value is -1.82. The van der Waals surface area contributed by atoms with Crippen LogP contribution in [0.1, 0.15) is 44.9 Å². The van der Waals surface area contributed by atoms with Crippen molar-refractivity contribution < 1.29 is 9.53 Å². The second kappa shape index (κ2) is 5.67. The zero-order valence-corrected chi connectivity index (χ0v) is 14.6. The summed E-state index contributed by atoms with van der Waals surface area (Å²) in [7, 11) is 0. The number of nitrogens with zero attached hydrogens (tertiary/aromatic N) is 4. The maximum atomic E-state index is 12.4. The fourth-order valence-electron chi connectivity index (χ4n) is 2.84. The Labute approximate surface area is 140 Å². The van der Waals surface area contributed by atoms with Crippen LogP contribution in [0.4, 0.5) is 4.79 Å². The van der Waals surface area contributed by atoms with Crippen molar-refractivity contribution in [3.05, 3.63) is 28.7 Å². The third kappa shape index (κ3) is 3.13. The van der Waals surface area contributed by atoms with Gasteiger partial charge < -0.3 is 9.64 Å². The average molecular weight is 337 g/mol. The molecule has 0 fully saturated rings. The highest BCUT2D eigenvalue weighted by molar-refractivity contribution is 6.30. The summed E-state index contributed by atoms with van der Waals surface area (Å²) < 4.78 is 7.12. The fraction of sp³-hybridized carbons (Fsp3) is 0.562. The van der Waals surface area contributed by atoms with E-state index in [4.69, 9.17) is 16.3 Å². The molecule has 0 saturated carbocycles. The lowest BCUT2D eigenvalue weighted by molar-refractivity contribution is 0.0248. The molecule has 1 amide bonds. The number of hydrogen-bond donors (Lipinski definition) is 0. The van der Waals surface area contributed by atoms with Crippen molar-refractivity contribution in [3.63, 3.8) is 0 Å². The van der Waals surface area contributed by atoms with Crippen molar-refractivity contribution in [1.29, 1.82) is 0 Å². The maximum Gasteiger partial charge on any atom is 0.410 e. The molecule has 0 aromatic carbocycles. The van der Waals surface area contributed by atoms with E-state index in [9.17, 15) is 4.79 Å². The van der Waals surface area contributed by atoms with Crippen molar-refractivity contribution in [1.82, 2.24) is 19.5 Å². The lowest BCUT2D eigenvalue weighted by atomic mass is 10.0. The lowest BCUT2D eigenvalue weighted by Gasteiger charge is -2.27. The van der Waals surface area contributed by atoms with Crippen LogP contribution in [0.5, 0.6) is 0 Å². The average Bonchev–Trinajstić information content (AvgIpc) is 2.84. The summed E-state index contributed by atoms with van der Waals surface area (Å²) in [5.74, 6) is 0.0809. The van der Waals surface area contributed by atoms with Crippen LogP contribution in [0.3, 0.4) is 0 Å². The number of rotatable bonds is 0. The quantitative estimate of drug-likeness (QED) is 0.693. The minimum atomic E-state index is -0.504. The highest BCUT2D eigenvalue weighted by Gasteiger charge is 2.29. The summed E-state index contributed by atoms with van der Waals surface area (Å²) in [4.78, 5) is 18.8. The highest BCUT2D eigenvalue weighted by atomic mass is 35.5. The molecule has 3 heterocycles. The number of aromatic nitrogens is 3. The SMILES string of the molecule is CC1CN(C(=O)OC(C)(C)C)CCc2c1nc1ccnn1c2Cl. The van der Waals surface area contributed by atoms with E-state index in [-0.39, 0.29) is 12.0 Å². The molecule has 0 spiro atoms. The van der Waals surface area contributed by atoms with Crippen LogP contribution in [-0.4, -0.2) is 44.3 Å². The summed E-state index contributed by atoms with van der Waals surface area (Å²) in [5, 5.41) is 4.78. The predicted octanol–water partition coefficient (Wildman–Crippen LogP) is 3.28. The Kier molecular flexibility index (Phi) is 3.96. The summed E-state index contributed by atoms with van der Waals surface area (Å²) in [6.45, 7) is 8.78. The molecule has 124 valence electrons. The first-order chi connectivity index (χ1) is 10.8. The van der Waals surface area contributed by atoms with Gasteiger partial charge in [-0.3, -0.25) is 0 Å². The molecule has 0 aliphatic carbocycles. The van der Waals surface area contributed by atoms with E-state index in [1.165, 1.54) is 0 Å². The van der Waals surface area contributed by atoms with Crippen molar-refractivity contribution >= 4 is 23.3 Å². The van der Waals surface area contributed by atoms with Crippen LogP contribution in [0.2, 0.25) is 5.15 Å². The van der Waals surface area contributed by atoms with Crippen LogP contribution in [-0.2, 0) is 11.2 Å². The van der Waals surface area contributed by atoms with E-state index < -0.39 is 5.60 Å². The van der Waals surface area contributed by atoms with Gasteiger partial charge in [0.25, 0.3) is 0 Å². The zero-order chi connectivity index (χ0) is 16.8. The van der Waals surface area contributed by atoms with Gasteiger partial charge in [0.2, 0.25) is 0 Å². The molecular weight excluding hydrogens is 316 g/mol. The molecular formula is C16H21ClN4O2. The van der Waals surface area contributed by atoms with Gasteiger partial charge in [0.1, 0.15) is 10.8 Å². The molecule has 1 atom stereocenters. The van der Waals surface area contributed by atoms with Crippen LogP contribution in [0.15, 0.2) is 12.3 Å². The summed E-state index contributed by atoms with van der Waals surface area (Å²) in [6, 6.07) is 1.83.